The molecule has 8 N–H and O–H groups in total. The van der Waals surface area contributed by atoms with Crippen LogP contribution in [0.25, 0.3) is 0 Å². The zero-order valence-electron chi connectivity index (χ0n) is 6.58. The first kappa shape index (κ1) is 18.0. The van der Waals surface area contributed by atoms with E-state index in [1.54, 1.807) is 0 Å². The first-order valence-electron chi connectivity index (χ1n) is 1.79. The Kier molecular flexibility index (Phi) is 10.8. The van der Waals surface area contributed by atoms with Crippen molar-refractivity contribution in [1.29, 1.82) is 0 Å². The first-order valence-corrected chi connectivity index (χ1v) is 5.37. The summed E-state index contributed by atoms with van der Waals surface area (Å²) in [4.78, 5) is 58.6. The molecule has 11 heteroatoms. The van der Waals surface area contributed by atoms with Crippen LogP contribution in [0.3, 0.4) is 0 Å². The molecule has 0 aromatic carbocycles. The number of hydrogen-bond donors (Lipinski definition) is 8. The van der Waals surface area contributed by atoms with E-state index in [1.807, 2.05) is 0 Å². The van der Waals surface area contributed by atoms with Crippen LogP contribution in [0, 0.1) is 0 Å². The standard InChI is InChI=1S/Na.2H4O4Si.H/c;2*1-5(2,3)4;/h;2*1-4H;/q+1;;;-1. The second-order valence-corrected chi connectivity index (χ2v) is 3.60. The number of hydrogen-bond acceptors (Lipinski definition) is 8. The maximum atomic E-state index is 7.33. The van der Waals surface area contributed by atoms with Gasteiger partial charge >= 0.3 is 47.7 Å². The van der Waals surface area contributed by atoms with Crippen molar-refractivity contribution in [2.75, 3.05) is 0 Å². The maximum absolute atomic E-state index is 7.33. The van der Waals surface area contributed by atoms with Gasteiger partial charge in [-0.05, 0) is 0 Å². The van der Waals surface area contributed by atoms with Crippen LogP contribution in [0.1, 0.15) is 1.43 Å². The van der Waals surface area contributed by atoms with Crippen molar-refractivity contribution in [1.82, 2.24) is 0 Å². The molecule has 0 amide bonds. The van der Waals surface area contributed by atoms with Gasteiger partial charge in [0.15, 0.2) is 0 Å². The molecule has 0 radical (unpaired) electrons. The Hall–Kier alpha value is 1.11. The fraction of sp³-hybridized carbons (Fsp3) is 0. The minimum atomic E-state index is -4.61. The van der Waals surface area contributed by atoms with E-state index in [2.05, 4.69) is 0 Å². The topological polar surface area (TPSA) is 162 Å². The van der Waals surface area contributed by atoms with Crippen molar-refractivity contribution >= 4 is 18.1 Å². The van der Waals surface area contributed by atoms with Crippen molar-refractivity contribution in [3.63, 3.8) is 0 Å². The molecule has 0 atom stereocenters. The third-order valence-electron chi connectivity index (χ3n) is 0. The molecule has 0 rings (SSSR count). The Morgan fingerprint density at radius 2 is 0.545 bits per heavy atom. The molecule has 0 saturated heterocycles. The van der Waals surface area contributed by atoms with E-state index < -0.39 is 18.1 Å². The molecule has 0 heterocycles. The van der Waals surface area contributed by atoms with E-state index in [9.17, 15) is 0 Å². The van der Waals surface area contributed by atoms with E-state index in [0.717, 1.165) is 0 Å². The molecule has 0 unspecified atom stereocenters. The summed E-state index contributed by atoms with van der Waals surface area (Å²) >= 11 is 0. The normalized spacial score (nSPS) is 10.9. The predicted molar refractivity (Wildman–Crippen MR) is 30.4 cm³/mol. The van der Waals surface area contributed by atoms with Gasteiger partial charge < -0.3 is 39.8 Å². The van der Waals surface area contributed by atoms with Crippen molar-refractivity contribution < 1.29 is 69.3 Å². The molecule has 0 aromatic rings. The summed E-state index contributed by atoms with van der Waals surface area (Å²) in [6.45, 7) is 0. The zero-order chi connectivity index (χ0) is 9.00. The molecule has 0 spiro atoms. The molecule has 0 bridgehead atoms. The van der Waals surface area contributed by atoms with Crippen LogP contribution in [-0.2, 0) is 0 Å². The second kappa shape index (κ2) is 6.61. The summed E-state index contributed by atoms with van der Waals surface area (Å²) in [7, 11) is -9.22. The summed E-state index contributed by atoms with van der Waals surface area (Å²) in [6, 6.07) is 0. The molecule has 0 aliphatic carbocycles. The third kappa shape index (κ3) is 744. The molecular formula is H9NaO8Si2. The summed E-state index contributed by atoms with van der Waals surface area (Å²) in [6.07, 6.45) is 0. The summed E-state index contributed by atoms with van der Waals surface area (Å²) in [5, 5.41) is 0. The minimum absolute atomic E-state index is 0. The molecule has 0 aromatic heterocycles. The van der Waals surface area contributed by atoms with Gasteiger partial charge in [0.2, 0.25) is 0 Å². The van der Waals surface area contributed by atoms with Gasteiger partial charge in [-0.2, -0.15) is 0 Å². The number of rotatable bonds is 0. The van der Waals surface area contributed by atoms with Crippen molar-refractivity contribution in [3.05, 3.63) is 0 Å². The molecule has 0 aliphatic heterocycles. The molecule has 11 heavy (non-hydrogen) atoms. The van der Waals surface area contributed by atoms with Crippen molar-refractivity contribution in [2.24, 2.45) is 0 Å². The Labute approximate surface area is 87.4 Å². The van der Waals surface area contributed by atoms with Crippen molar-refractivity contribution in [3.8, 4) is 0 Å². The van der Waals surface area contributed by atoms with Gasteiger partial charge in [0.25, 0.3) is 0 Å². The Bertz CT molecular complexity index is 60.0. The molecule has 0 saturated carbocycles. The van der Waals surface area contributed by atoms with E-state index in [0.29, 0.717) is 0 Å². The Morgan fingerprint density at radius 1 is 0.545 bits per heavy atom. The summed E-state index contributed by atoms with van der Waals surface area (Å²) in [5.74, 6) is 0. The summed E-state index contributed by atoms with van der Waals surface area (Å²) in [5.41, 5.74) is 0. The van der Waals surface area contributed by atoms with Gasteiger partial charge in [0, 0.05) is 0 Å². The van der Waals surface area contributed by atoms with Crippen LogP contribution in [0.15, 0.2) is 0 Å². The van der Waals surface area contributed by atoms with E-state index in [1.165, 1.54) is 0 Å². The van der Waals surface area contributed by atoms with Crippen molar-refractivity contribution in [2.45, 2.75) is 0 Å². The van der Waals surface area contributed by atoms with Gasteiger partial charge in [-0.3, -0.25) is 0 Å². The van der Waals surface area contributed by atoms with Crippen LogP contribution < -0.4 is 29.6 Å². The second-order valence-electron chi connectivity index (χ2n) is 1.20. The van der Waals surface area contributed by atoms with E-state index in [4.69, 9.17) is 38.4 Å². The summed E-state index contributed by atoms with van der Waals surface area (Å²) < 4.78 is 0. The molecule has 66 valence electrons. The molecule has 0 fully saturated rings. The molecular weight excluding hydrogens is 207 g/mol. The average molecular weight is 216 g/mol. The van der Waals surface area contributed by atoms with Crippen LogP contribution in [0.4, 0.5) is 0 Å². The zero-order valence-corrected chi connectivity index (χ0v) is 9.58. The largest absolute Gasteiger partial charge is 1.00 e. The predicted octanol–water partition coefficient (Wildman–Crippen LogP) is -8.10. The maximum Gasteiger partial charge on any atom is 1.00 e. The van der Waals surface area contributed by atoms with Gasteiger partial charge in [-0.1, -0.05) is 0 Å². The van der Waals surface area contributed by atoms with Gasteiger partial charge in [-0.25, -0.2) is 0 Å². The van der Waals surface area contributed by atoms with Crippen LogP contribution in [0.5, 0.6) is 0 Å². The smallest absolute Gasteiger partial charge is 1.00 e. The fourth-order valence-electron chi connectivity index (χ4n) is 0. The molecule has 0 aliphatic rings. The first-order chi connectivity index (χ1) is 4.00. The minimum Gasteiger partial charge on any atom is -1.00 e. The Balaban J connectivity index is -0.0000000457. The van der Waals surface area contributed by atoms with Crippen LogP contribution in [-0.4, -0.2) is 56.5 Å². The SMILES string of the molecule is O[Si](O)(O)O.O[Si](O)(O)O.[H-].[Na+]. The quantitative estimate of drug-likeness (QED) is 0.185. The van der Waals surface area contributed by atoms with Crippen LogP contribution >= 0.6 is 0 Å². The molecule has 8 nitrogen and oxygen atoms in total. The van der Waals surface area contributed by atoms with Gasteiger partial charge in [0.1, 0.15) is 0 Å². The van der Waals surface area contributed by atoms with Gasteiger partial charge in [0.05, 0.1) is 0 Å². The van der Waals surface area contributed by atoms with Gasteiger partial charge in [-0.15, -0.1) is 0 Å². The van der Waals surface area contributed by atoms with Crippen LogP contribution in [0.2, 0.25) is 0 Å². The fourth-order valence-corrected chi connectivity index (χ4v) is 0. The monoisotopic (exact) mass is 216 g/mol. The van der Waals surface area contributed by atoms with E-state index in [-0.39, 0.29) is 31.0 Å². The van der Waals surface area contributed by atoms with E-state index >= 15 is 0 Å². The Morgan fingerprint density at radius 3 is 0.545 bits per heavy atom. The average Bonchev–Trinajstić information content (AvgIpc) is 1.12. The third-order valence-corrected chi connectivity index (χ3v) is 0.